The van der Waals surface area contributed by atoms with Gasteiger partial charge in [-0.3, -0.25) is 14.9 Å². The van der Waals surface area contributed by atoms with Gasteiger partial charge in [0.15, 0.2) is 13.2 Å². The lowest BCUT2D eigenvalue weighted by molar-refractivity contribution is -0.383. The summed E-state index contributed by atoms with van der Waals surface area (Å²) in [5.74, 6) is -1.16. The van der Waals surface area contributed by atoms with Crippen LogP contribution in [0.4, 0.5) is 11.4 Å². The van der Waals surface area contributed by atoms with Gasteiger partial charge in [0.1, 0.15) is 11.4 Å². The van der Waals surface area contributed by atoms with Crippen LogP contribution < -0.4 is 10.1 Å². The Labute approximate surface area is 157 Å². The van der Waals surface area contributed by atoms with Crippen LogP contribution in [-0.2, 0) is 14.3 Å². The van der Waals surface area contributed by atoms with Crippen molar-refractivity contribution in [1.82, 2.24) is 0 Å². The lowest BCUT2D eigenvalue weighted by Gasteiger charge is -2.08. The van der Waals surface area contributed by atoms with E-state index in [1.807, 2.05) is 0 Å². The number of carbonyl (C=O) groups is 2. The first-order valence-electron chi connectivity index (χ1n) is 7.13. The molecule has 0 fully saturated rings. The van der Waals surface area contributed by atoms with Crippen molar-refractivity contribution in [2.75, 3.05) is 18.5 Å². The molecule has 26 heavy (non-hydrogen) atoms. The second-order valence-corrected chi connectivity index (χ2v) is 5.75. The zero-order valence-corrected chi connectivity index (χ0v) is 14.6. The van der Waals surface area contributed by atoms with Gasteiger partial charge in [0.2, 0.25) is 0 Å². The number of nitro groups is 1. The van der Waals surface area contributed by atoms with Crippen molar-refractivity contribution in [3.05, 3.63) is 62.6 Å². The maximum Gasteiger partial charge on any atom is 0.344 e. The van der Waals surface area contributed by atoms with Crippen LogP contribution in [0.15, 0.2) is 42.5 Å². The van der Waals surface area contributed by atoms with Crippen molar-refractivity contribution >= 4 is 46.5 Å². The molecule has 8 nitrogen and oxygen atoms in total. The molecule has 0 saturated carbocycles. The first-order chi connectivity index (χ1) is 12.3. The molecule has 0 saturated heterocycles. The van der Waals surface area contributed by atoms with Gasteiger partial charge in [0.25, 0.3) is 11.6 Å². The Morgan fingerprint density at radius 3 is 2.50 bits per heavy atom. The molecule has 0 aliphatic carbocycles. The van der Waals surface area contributed by atoms with Crippen molar-refractivity contribution in [2.45, 2.75) is 0 Å². The van der Waals surface area contributed by atoms with E-state index in [1.54, 1.807) is 18.2 Å². The van der Waals surface area contributed by atoms with E-state index in [0.717, 1.165) is 6.07 Å². The predicted molar refractivity (Wildman–Crippen MR) is 94.6 cm³/mol. The van der Waals surface area contributed by atoms with Crippen LogP contribution in [0.25, 0.3) is 0 Å². The van der Waals surface area contributed by atoms with E-state index >= 15 is 0 Å². The quantitative estimate of drug-likeness (QED) is 0.434. The van der Waals surface area contributed by atoms with Crippen LogP contribution in [0.2, 0.25) is 10.0 Å². The molecule has 10 heteroatoms. The SMILES string of the molecule is O=C(COC(=O)COc1cccc(Cl)c1)Nc1ccc(Cl)cc1[N+](=O)[O-]. The molecule has 0 aromatic heterocycles. The number of nitro benzene ring substituents is 1. The number of nitrogens with zero attached hydrogens (tertiary/aromatic N) is 1. The number of carbonyl (C=O) groups excluding carboxylic acids is 2. The molecule has 136 valence electrons. The highest BCUT2D eigenvalue weighted by Gasteiger charge is 2.17. The summed E-state index contributed by atoms with van der Waals surface area (Å²) < 4.78 is 9.92. The molecule has 0 atom stereocenters. The summed E-state index contributed by atoms with van der Waals surface area (Å²) in [4.78, 5) is 33.6. The van der Waals surface area contributed by atoms with Crippen LogP contribution in [-0.4, -0.2) is 30.0 Å². The number of nitrogens with one attached hydrogen (secondary N) is 1. The molecule has 1 amide bonds. The third-order valence-corrected chi connectivity index (χ3v) is 3.42. The van der Waals surface area contributed by atoms with Gasteiger partial charge in [0.05, 0.1) is 4.92 Å². The Hall–Kier alpha value is -2.84. The van der Waals surface area contributed by atoms with Crippen LogP contribution >= 0.6 is 23.2 Å². The van der Waals surface area contributed by atoms with Crippen LogP contribution in [0.3, 0.4) is 0 Å². The molecule has 0 heterocycles. The fourth-order valence-electron chi connectivity index (χ4n) is 1.83. The zero-order chi connectivity index (χ0) is 19.1. The van der Waals surface area contributed by atoms with Gasteiger partial charge in [-0.15, -0.1) is 0 Å². The summed E-state index contributed by atoms with van der Waals surface area (Å²) >= 11 is 11.5. The number of amides is 1. The summed E-state index contributed by atoms with van der Waals surface area (Å²) in [6.07, 6.45) is 0. The Morgan fingerprint density at radius 2 is 1.81 bits per heavy atom. The van der Waals surface area contributed by atoms with Crippen molar-refractivity contribution in [3.8, 4) is 5.75 Å². The van der Waals surface area contributed by atoms with E-state index in [9.17, 15) is 19.7 Å². The Morgan fingerprint density at radius 1 is 1.08 bits per heavy atom. The van der Waals surface area contributed by atoms with E-state index < -0.39 is 30.0 Å². The molecule has 0 aliphatic heterocycles. The van der Waals surface area contributed by atoms with Gasteiger partial charge in [0, 0.05) is 16.1 Å². The largest absolute Gasteiger partial charge is 0.482 e. The third kappa shape index (κ3) is 5.91. The number of hydrogen-bond donors (Lipinski definition) is 1. The molecule has 0 spiro atoms. The molecule has 2 aromatic carbocycles. The standard InChI is InChI=1S/C16H12Cl2N2O6/c17-10-2-1-3-12(6-10)25-9-16(22)26-8-15(21)19-13-5-4-11(18)7-14(13)20(23)24/h1-7H,8-9H2,(H,19,21). The minimum Gasteiger partial charge on any atom is -0.482 e. The highest BCUT2D eigenvalue weighted by molar-refractivity contribution is 6.31. The molecule has 0 bridgehead atoms. The summed E-state index contributed by atoms with van der Waals surface area (Å²) in [7, 11) is 0. The minimum absolute atomic E-state index is 0.0596. The molecule has 2 rings (SSSR count). The number of ether oxygens (including phenoxy) is 2. The second-order valence-electron chi connectivity index (χ2n) is 4.87. The van der Waals surface area contributed by atoms with E-state index in [-0.39, 0.29) is 16.4 Å². The first-order valence-corrected chi connectivity index (χ1v) is 7.88. The molecule has 0 unspecified atom stereocenters. The number of esters is 1. The van der Waals surface area contributed by atoms with E-state index in [0.29, 0.717) is 10.8 Å². The normalized spacial score (nSPS) is 10.1. The maximum absolute atomic E-state index is 11.8. The summed E-state index contributed by atoms with van der Waals surface area (Å²) in [5, 5.41) is 13.8. The third-order valence-electron chi connectivity index (χ3n) is 2.95. The number of rotatable bonds is 7. The van der Waals surface area contributed by atoms with Crippen LogP contribution in [0.5, 0.6) is 5.75 Å². The van der Waals surface area contributed by atoms with Crippen LogP contribution in [0.1, 0.15) is 0 Å². The molecule has 1 N–H and O–H groups in total. The summed E-state index contributed by atoms with van der Waals surface area (Å²) in [5.41, 5.74) is -0.433. The fourth-order valence-corrected chi connectivity index (χ4v) is 2.18. The van der Waals surface area contributed by atoms with Crippen molar-refractivity contribution < 1.29 is 24.0 Å². The van der Waals surface area contributed by atoms with E-state index in [1.165, 1.54) is 18.2 Å². The molecule has 0 radical (unpaired) electrons. The maximum atomic E-state index is 11.8. The molecule has 2 aromatic rings. The van der Waals surface area contributed by atoms with Gasteiger partial charge < -0.3 is 14.8 Å². The lowest BCUT2D eigenvalue weighted by Crippen LogP contribution is -2.24. The van der Waals surface area contributed by atoms with Crippen molar-refractivity contribution in [3.63, 3.8) is 0 Å². The molecular formula is C16H12Cl2N2O6. The van der Waals surface area contributed by atoms with E-state index in [4.69, 9.17) is 32.7 Å². The number of benzene rings is 2. The summed E-state index contributed by atoms with van der Waals surface area (Å²) in [6.45, 7) is -1.05. The Bertz CT molecular complexity index is 843. The highest BCUT2D eigenvalue weighted by atomic mass is 35.5. The van der Waals surface area contributed by atoms with Crippen molar-refractivity contribution in [2.24, 2.45) is 0 Å². The van der Waals surface area contributed by atoms with Gasteiger partial charge in [-0.05, 0) is 30.3 Å². The van der Waals surface area contributed by atoms with Crippen molar-refractivity contribution in [1.29, 1.82) is 0 Å². The second kappa shape index (κ2) is 9.02. The number of anilines is 1. The predicted octanol–water partition coefficient (Wildman–Crippen LogP) is 3.46. The number of hydrogen-bond acceptors (Lipinski definition) is 6. The zero-order valence-electron chi connectivity index (χ0n) is 13.1. The smallest absolute Gasteiger partial charge is 0.344 e. The van der Waals surface area contributed by atoms with Gasteiger partial charge in [-0.2, -0.15) is 0 Å². The van der Waals surface area contributed by atoms with Crippen LogP contribution in [0, 0.1) is 10.1 Å². The fraction of sp³-hybridized carbons (Fsp3) is 0.125. The topological polar surface area (TPSA) is 108 Å². The monoisotopic (exact) mass is 398 g/mol. The Kier molecular flexibility index (Phi) is 6.76. The first kappa shape index (κ1) is 19.5. The van der Waals surface area contributed by atoms with E-state index in [2.05, 4.69) is 5.32 Å². The van der Waals surface area contributed by atoms with Gasteiger partial charge >= 0.3 is 5.97 Å². The molecule has 0 aliphatic rings. The average Bonchev–Trinajstić information content (AvgIpc) is 2.59. The summed E-state index contributed by atoms with van der Waals surface area (Å²) in [6, 6.07) is 10.2. The highest BCUT2D eigenvalue weighted by Crippen LogP contribution is 2.27. The Balaban J connectivity index is 1.83. The minimum atomic E-state index is -0.786. The average molecular weight is 399 g/mol. The van der Waals surface area contributed by atoms with Gasteiger partial charge in [-0.25, -0.2) is 4.79 Å². The molecular weight excluding hydrogens is 387 g/mol. The van der Waals surface area contributed by atoms with Gasteiger partial charge in [-0.1, -0.05) is 29.3 Å². The number of halogens is 2. The lowest BCUT2D eigenvalue weighted by atomic mass is 10.2.